The highest BCUT2D eigenvalue weighted by atomic mass is 16.5. The lowest BCUT2D eigenvalue weighted by atomic mass is 9.76. The molecule has 5 heteroatoms. The second-order valence-electron chi connectivity index (χ2n) is 6.45. The van der Waals surface area contributed by atoms with E-state index in [4.69, 9.17) is 9.26 Å². The highest BCUT2D eigenvalue weighted by Gasteiger charge is 2.43. The molecule has 0 radical (unpaired) electrons. The molecule has 20 heavy (non-hydrogen) atoms. The third kappa shape index (κ3) is 2.61. The molecule has 0 spiro atoms. The molecule has 0 amide bonds. The van der Waals surface area contributed by atoms with Gasteiger partial charge in [-0.05, 0) is 38.1 Å². The average Bonchev–Trinajstić information content (AvgIpc) is 3.09. The quantitative estimate of drug-likeness (QED) is 0.914. The molecule has 0 saturated carbocycles. The minimum Gasteiger partial charge on any atom is -0.378 e. The molecular formula is C15H25N3O2. The fourth-order valence-electron chi connectivity index (χ4n) is 3.34. The first-order valence-electron chi connectivity index (χ1n) is 7.86. The largest absolute Gasteiger partial charge is 0.378 e. The Morgan fingerprint density at radius 1 is 1.40 bits per heavy atom. The topological polar surface area (TPSA) is 60.2 Å². The average molecular weight is 279 g/mol. The van der Waals surface area contributed by atoms with Crippen LogP contribution in [0.15, 0.2) is 4.52 Å². The molecule has 2 saturated heterocycles. The summed E-state index contributed by atoms with van der Waals surface area (Å²) < 4.78 is 11.4. The predicted octanol–water partition coefficient (Wildman–Crippen LogP) is 2.07. The number of ether oxygens (including phenoxy) is 1. The first-order valence-corrected chi connectivity index (χ1v) is 7.86. The van der Waals surface area contributed by atoms with Gasteiger partial charge >= 0.3 is 0 Å². The van der Waals surface area contributed by atoms with E-state index in [1.165, 1.54) is 12.8 Å². The maximum atomic E-state index is 5.76. The summed E-state index contributed by atoms with van der Waals surface area (Å²) in [5, 5.41) is 7.62. The van der Waals surface area contributed by atoms with Crippen molar-refractivity contribution in [1.82, 2.24) is 15.5 Å². The Kier molecular flexibility index (Phi) is 4.08. The van der Waals surface area contributed by atoms with Crippen LogP contribution in [0.25, 0.3) is 0 Å². The Morgan fingerprint density at radius 2 is 2.30 bits per heavy atom. The van der Waals surface area contributed by atoms with Crippen LogP contribution < -0.4 is 5.32 Å². The van der Waals surface area contributed by atoms with Gasteiger partial charge in [0.1, 0.15) is 0 Å². The third-order valence-corrected chi connectivity index (χ3v) is 4.87. The van der Waals surface area contributed by atoms with Crippen LogP contribution >= 0.6 is 0 Å². The molecule has 2 unspecified atom stereocenters. The second-order valence-corrected chi connectivity index (χ2v) is 6.45. The first kappa shape index (κ1) is 14.0. The number of hydrogen-bond donors (Lipinski definition) is 1. The zero-order valence-electron chi connectivity index (χ0n) is 12.5. The predicted molar refractivity (Wildman–Crippen MR) is 75.6 cm³/mol. The number of aromatic nitrogens is 2. The van der Waals surface area contributed by atoms with Gasteiger partial charge in [-0.25, -0.2) is 0 Å². The van der Waals surface area contributed by atoms with Crippen LogP contribution in [0.4, 0.5) is 0 Å². The van der Waals surface area contributed by atoms with Crippen molar-refractivity contribution in [1.29, 1.82) is 0 Å². The summed E-state index contributed by atoms with van der Waals surface area (Å²) in [6.07, 6.45) is 5.66. The lowest BCUT2D eigenvalue weighted by Gasteiger charge is -2.28. The third-order valence-electron chi connectivity index (χ3n) is 4.87. The standard InChI is InChI=1S/C15H25N3O2/c1-11(2)15(6-7-16-10-15)14-17-13(18-20-14)9-12-5-3-4-8-19-12/h11-12,16H,3-10H2,1-2H3. The summed E-state index contributed by atoms with van der Waals surface area (Å²) in [4.78, 5) is 4.68. The van der Waals surface area contributed by atoms with E-state index in [-0.39, 0.29) is 11.5 Å². The van der Waals surface area contributed by atoms with Crippen molar-refractivity contribution in [3.05, 3.63) is 11.7 Å². The summed E-state index contributed by atoms with van der Waals surface area (Å²) >= 11 is 0. The zero-order chi connectivity index (χ0) is 14.0. The Bertz CT molecular complexity index is 432. The van der Waals surface area contributed by atoms with Crippen LogP contribution in [0, 0.1) is 5.92 Å². The maximum Gasteiger partial charge on any atom is 0.234 e. The van der Waals surface area contributed by atoms with E-state index in [0.717, 1.165) is 50.7 Å². The fourth-order valence-corrected chi connectivity index (χ4v) is 3.34. The Hall–Kier alpha value is -0.940. The highest BCUT2D eigenvalue weighted by Crippen LogP contribution is 2.37. The van der Waals surface area contributed by atoms with Crippen molar-refractivity contribution in [2.75, 3.05) is 19.7 Å². The van der Waals surface area contributed by atoms with E-state index in [1.807, 2.05) is 0 Å². The molecule has 2 fully saturated rings. The molecule has 0 bridgehead atoms. The van der Waals surface area contributed by atoms with Crippen LogP contribution in [0.1, 0.15) is 51.2 Å². The number of rotatable bonds is 4. The lowest BCUT2D eigenvalue weighted by molar-refractivity contribution is 0.0153. The van der Waals surface area contributed by atoms with Gasteiger partial charge in [0.25, 0.3) is 0 Å². The Labute approximate surface area is 120 Å². The van der Waals surface area contributed by atoms with Gasteiger partial charge in [0.2, 0.25) is 5.89 Å². The van der Waals surface area contributed by atoms with Crippen molar-refractivity contribution in [2.24, 2.45) is 5.92 Å². The van der Waals surface area contributed by atoms with E-state index in [1.54, 1.807) is 0 Å². The maximum absolute atomic E-state index is 5.76. The summed E-state index contributed by atoms with van der Waals surface area (Å²) in [5.74, 6) is 2.11. The molecule has 1 N–H and O–H groups in total. The Morgan fingerprint density at radius 3 is 2.95 bits per heavy atom. The summed E-state index contributed by atoms with van der Waals surface area (Å²) in [5.41, 5.74) is 0.0126. The number of nitrogens with one attached hydrogen (secondary N) is 1. The molecule has 3 heterocycles. The van der Waals surface area contributed by atoms with Crippen molar-refractivity contribution in [2.45, 2.75) is 57.5 Å². The normalized spacial score (nSPS) is 31.1. The van der Waals surface area contributed by atoms with Gasteiger partial charge in [-0.2, -0.15) is 4.98 Å². The van der Waals surface area contributed by atoms with Gasteiger partial charge in [-0.3, -0.25) is 0 Å². The van der Waals surface area contributed by atoms with E-state index >= 15 is 0 Å². The van der Waals surface area contributed by atoms with Crippen LogP contribution in [-0.4, -0.2) is 35.9 Å². The van der Waals surface area contributed by atoms with Crippen molar-refractivity contribution >= 4 is 0 Å². The molecule has 2 atom stereocenters. The smallest absolute Gasteiger partial charge is 0.234 e. The second kappa shape index (κ2) is 5.82. The molecule has 112 valence electrons. The summed E-state index contributed by atoms with van der Waals surface area (Å²) in [7, 11) is 0. The van der Waals surface area contributed by atoms with Gasteiger partial charge in [-0.1, -0.05) is 19.0 Å². The minimum atomic E-state index is 0.0126. The number of hydrogen-bond acceptors (Lipinski definition) is 5. The molecule has 5 nitrogen and oxygen atoms in total. The SMILES string of the molecule is CC(C)C1(c2nc(CC3CCCCO3)no2)CCNC1. The molecular weight excluding hydrogens is 254 g/mol. The molecule has 0 aromatic carbocycles. The summed E-state index contributed by atoms with van der Waals surface area (Å²) in [6, 6.07) is 0. The van der Waals surface area contributed by atoms with E-state index < -0.39 is 0 Å². The van der Waals surface area contributed by atoms with Crippen LogP contribution in [0.3, 0.4) is 0 Å². The first-order chi connectivity index (χ1) is 9.71. The molecule has 1 aromatic heterocycles. The monoisotopic (exact) mass is 279 g/mol. The molecule has 1 aromatic rings. The van der Waals surface area contributed by atoms with Crippen molar-refractivity contribution in [3.8, 4) is 0 Å². The van der Waals surface area contributed by atoms with Gasteiger partial charge in [0.05, 0.1) is 11.5 Å². The molecule has 0 aliphatic carbocycles. The zero-order valence-corrected chi connectivity index (χ0v) is 12.5. The minimum absolute atomic E-state index is 0.0126. The lowest BCUT2D eigenvalue weighted by Crippen LogP contribution is -2.35. The Balaban J connectivity index is 1.72. The molecule has 3 rings (SSSR count). The van der Waals surface area contributed by atoms with Crippen molar-refractivity contribution in [3.63, 3.8) is 0 Å². The molecule has 2 aliphatic rings. The van der Waals surface area contributed by atoms with Crippen molar-refractivity contribution < 1.29 is 9.26 Å². The van der Waals surface area contributed by atoms with Crippen LogP contribution in [-0.2, 0) is 16.6 Å². The fraction of sp³-hybridized carbons (Fsp3) is 0.867. The van der Waals surface area contributed by atoms with E-state index in [0.29, 0.717) is 5.92 Å². The number of nitrogens with zero attached hydrogens (tertiary/aromatic N) is 2. The van der Waals surface area contributed by atoms with E-state index in [9.17, 15) is 0 Å². The van der Waals surface area contributed by atoms with Gasteiger partial charge in [0, 0.05) is 19.6 Å². The molecule has 2 aliphatic heterocycles. The van der Waals surface area contributed by atoms with Crippen LogP contribution in [0.2, 0.25) is 0 Å². The van der Waals surface area contributed by atoms with Gasteiger partial charge in [0.15, 0.2) is 5.82 Å². The summed E-state index contributed by atoms with van der Waals surface area (Å²) in [6.45, 7) is 7.31. The van der Waals surface area contributed by atoms with Crippen LogP contribution in [0.5, 0.6) is 0 Å². The van der Waals surface area contributed by atoms with E-state index in [2.05, 4.69) is 29.3 Å². The highest BCUT2D eigenvalue weighted by molar-refractivity contribution is 5.12. The van der Waals surface area contributed by atoms with Gasteiger partial charge in [-0.15, -0.1) is 0 Å². The van der Waals surface area contributed by atoms with Gasteiger partial charge < -0.3 is 14.6 Å².